The van der Waals surface area contributed by atoms with Gasteiger partial charge in [0.15, 0.2) is 0 Å². The van der Waals surface area contributed by atoms with Crippen LogP contribution in [-0.2, 0) is 11.2 Å². The van der Waals surface area contributed by atoms with Gasteiger partial charge in [-0.05, 0) is 25.5 Å². The van der Waals surface area contributed by atoms with Crippen molar-refractivity contribution < 1.29 is 14.6 Å². The molecule has 1 aliphatic heterocycles. The zero-order valence-corrected chi connectivity index (χ0v) is 14.6. The van der Waals surface area contributed by atoms with E-state index in [-0.39, 0.29) is 18.2 Å². The molecule has 3 atom stereocenters. The van der Waals surface area contributed by atoms with Gasteiger partial charge in [0.25, 0.3) is 0 Å². The van der Waals surface area contributed by atoms with Crippen LogP contribution in [-0.4, -0.2) is 67.6 Å². The minimum absolute atomic E-state index is 0.248. The number of nitrogens with one attached hydrogen (secondary N) is 2. The second-order valence-electron chi connectivity index (χ2n) is 6.37. The van der Waals surface area contributed by atoms with Gasteiger partial charge in [-0.25, -0.2) is 4.79 Å². The van der Waals surface area contributed by atoms with E-state index in [1.807, 2.05) is 32.2 Å². The third-order valence-electron chi connectivity index (χ3n) is 4.25. The van der Waals surface area contributed by atoms with E-state index in [1.165, 1.54) is 5.56 Å². The average Bonchev–Trinajstić information content (AvgIpc) is 2.92. The fraction of sp³-hybridized carbons (Fsp3) is 0.611. The fourth-order valence-electron chi connectivity index (χ4n) is 2.79. The van der Waals surface area contributed by atoms with Gasteiger partial charge in [0.1, 0.15) is 6.10 Å². The molecule has 1 fully saturated rings. The molecule has 0 aliphatic carbocycles. The fourth-order valence-corrected chi connectivity index (χ4v) is 2.79. The second-order valence-corrected chi connectivity index (χ2v) is 6.37. The number of rotatable bonds is 8. The Hall–Kier alpha value is -1.63. The molecule has 0 unspecified atom stereocenters. The van der Waals surface area contributed by atoms with Crippen LogP contribution in [0.1, 0.15) is 18.9 Å². The van der Waals surface area contributed by atoms with Gasteiger partial charge in [0, 0.05) is 19.6 Å². The summed E-state index contributed by atoms with van der Waals surface area (Å²) in [5, 5.41) is 15.9. The Morgan fingerprint density at radius 1 is 1.38 bits per heavy atom. The highest BCUT2D eigenvalue weighted by atomic mass is 16.5. The lowest BCUT2D eigenvalue weighted by molar-refractivity contribution is 0.0205. The molecule has 0 bridgehead atoms. The Bertz CT molecular complexity index is 498. The first kappa shape index (κ1) is 18.7. The first-order valence-corrected chi connectivity index (χ1v) is 8.66. The van der Waals surface area contributed by atoms with Crippen LogP contribution in [0, 0.1) is 0 Å². The van der Waals surface area contributed by atoms with E-state index in [0.29, 0.717) is 19.7 Å². The predicted octanol–water partition coefficient (Wildman–Crippen LogP) is 0.998. The zero-order valence-electron chi connectivity index (χ0n) is 14.6. The van der Waals surface area contributed by atoms with Gasteiger partial charge in [-0.2, -0.15) is 0 Å². The summed E-state index contributed by atoms with van der Waals surface area (Å²) in [6, 6.07) is 9.72. The van der Waals surface area contributed by atoms with E-state index < -0.39 is 6.10 Å². The van der Waals surface area contributed by atoms with Crippen molar-refractivity contribution in [1.82, 2.24) is 15.5 Å². The molecule has 1 aromatic rings. The summed E-state index contributed by atoms with van der Waals surface area (Å²) in [6.45, 7) is 4.50. The van der Waals surface area contributed by atoms with Crippen LogP contribution in [0.2, 0.25) is 0 Å². The highest BCUT2D eigenvalue weighted by molar-refractivity contribution is 5.74. The Morgan fingerprint density at radius 2 is 2.12 bits per heavy atom. The molecule has 6 nitrogen and oxygen atoms in total. The maximum Gasteiger partial charge on any atom is 0.315 e. The predicted molar refractivity (Wildman–Crippen MR) is 94.0 cm³/mol. The third-order valence-corrected chi connectivity index (χ3v) is 4.25. The lowest BCUT2D eigenvalue weighted by Gasteiger charge is -2.24. The molecule has 6 heteroatoms. The van der Waals surface area contributed by atoms with Crippen molar-refractivity contribution >= 4 is 6.03 Å². The lowest BCUT2D eigenvalue weighted by atomic mass is 10.1. The number of hydrogen-bond acceptors (Lipinski definition) is 4. The number of nitrogens with zero attached hydrogens (tertiary/aromatic N) is 1. The maximum atomic E-state index is 11.7. The molecule has 2 amide bonds. The highest BCUT2D eigenvalue weighted by Crippen LogP contribution is 2.15. The molecular weight excluding hydrogens is 306 g/mol. The van der Waals surface area contributed by atoms with Crippen LogP contribution >= 0.6 is 0 Å². The average molecular weight is 335 g/mol. The monoisotopic (exact) mass is 335 g/mol. The van der Waals surface area contributed by atoms with Crippen molar-refractivity contribution in [2.75, 3.05) is 33.3 Å². The zero-order chi connectivity index (χ0) is 17.4. The van der Waals surface area contributed by atoms with E-state index in [0.717, 1.165) is 19.4 Å². The molecule has 0 aromatic heterocycles. The number of amides is 2. The topological polar surface area (TPSA) is 73.8 Å². The normalized spacial score (nSPS) is 23.4. The van der Waals surface area contributed by atoms with Gasteiger partial charge in [-0.1, -0.05) is 37.3 Å². The third kappa shape index (κ3) is 5.78. The SMILES string of the molecule is CCCNC(=O)N[C@H]1CO[C@@H](CN(C)CCc2ccccc2)[C@@H]1O. The number of hydrogen-bond donors (Lipinski definition) is 3. The van der Waals surface area contributed by atoms with Crippen LogP contribution in [0.4, 0.5) is 4.79 Å². The van der Waals surface area contributed by atoms with Crippen LogP contribution in [0.15, 0.2) is 30.3 Å². The summed E-state index contributed by atoms with van der Waals surface area (Å²) >= 11 is 0. The molecule has 134 valence electrons. The van der Waals surface area contributed by atoms with Crippen molar-refractivity contribution in [3.63, 3.8) is 0 Å². The summed E-state index contributed by atoms with van der Waals surface area (Å²) < 4.78 is 5.67. The van der Waals surface area contributed by atoms with E-state index in [4.69, 9.17) is 4.74 Å². The molecule has 2 rings (SSSR count). The Morgan fingerprint density at radius 3 is 2.83 bits per heavy atom. The molecule has 24 heavy (non-hydrogen) atoms. The molecular formula is C18H29N3O3. The van der Waals surface area contributed by atoms with E-state index in [2.05, 4.69) is 27.7 Å². The van der Waals surface area contributed by atoms with Gasteiger partial charge in [0.2, 0.25) is 0 Å². The molecule has 1 heterocycles. The smallest absolute Gasteiger partial charge is 0.315 e. The van der Waals surface area contributed by atoms with E-state index in [9.17, 15) is 9.90 Å². The summed E-state index contributed by atoms with van der Waals surface area (Å²) in [5.41, 5.74) is 1.30. The van der Waals surface area contributed by atoms with Gasteiger partial charge in [0.05, 0.1) is 18.8 Å². The van der Waals surface area contributed by atoms with Crippen molar-refractivity contribution in [2.24, 2.45) is 0 Å². The minimum atomic E-state index is -0.684. The van der Waals surface area contributed by atoms with Crippen LogP contribution in [0.25, 0.3) is 0 Å². The largest absolute Gasteiger partial charge is 0.388 e. The number of aliphatic hydroxyl groups is 1. The molecule has 3 N–H and O–H groups in total. The Kier molecular flexibility index (Phi) is 7.49. The van der Waals surface area contributed by atoms with Gasteiger partial charge in [-0.15, -0.1) is 0 Å². The van der Waals surface area contributed by atoms with Gasteiger partial charge in [-0.3, -0.25) is 0 Å². The lowest BCUT2D eigenvalue weighted by Crippen LogP contribution is -2.49. The number of ether oxygens (including phenoxy) is 1. The molecule has 0 radical (unpaired) electrons. The van der Waals surface area contributed by atoms with E-state index in [1.54, 1.807) is 0 Å². The first-order chi connectivity index (χ1) is 11.6. The molecule has 0 spiro atoms. The maximum absolute atomic E-state index is 11.7. The summed E-state index contributed by atoms with van der Waals surface area (Å²) in [7, 11) is 2.02. The first-order valence-electron chi connectivity index (χ1n) is 8.66. The summed E-state index contributed by atoms with van der Waals surface area (Å²) in [4.78, 5) is 13.8. The van der Waals surface area contributed by atoms with Crippen molar-refractivity contribution in [2.45, 2.75) is 38.0 Å². The van der Waals surface area contributed by atoms with Crippen LogP contribution < -0.4 is 10.6 Å². The molecule has 1 aliphatic rings. The highest BCUT2D eigenvalue weighted by Gasteiger charge is 2.37. The number of likely N-dealkylation sites (N-methyl/N-ethyl adjacent to an activating group) is 1. The minimum Gasteiger partial charge on any atom is -0.388 e. The standard InChI is InChI=1S/C18H29N3O3/c1-3-10-19-18(23)20-15-13-24-16(17(15)22)12-21(2)11-9-14-7-5-4-6-8-14/h4-8,15-17,22H,3,9-13H2,1-2H3,(H2,19,20,23)/t15-,16-,17+/m0/s1. The van der Waals surface area contributed by atoms with Crippen molar-refractivity contribution in [1.29, 1.82) is 0 Å². The quantitative estimate of drug-likeness (QED) is 0.663. The van der Waals surface area contributed by atoms with Gasteiger partial charge >= 0.3 is 6.03 Å². The summed E-state index contributed by atoms with van der Waals surface area (Å²) in [5.74, 6) is 0. The van der Waals surface area contributed by atoms with Crippen molar-refractivity contribution in [3.8, 4) is 0 Å². The number of carbonyl (C=O) groups is 1. The number of urea groups is 1. The number of aliphatic hydroxyl groups excluding tert-OH is 1. The summed E-state index contributed by atoms with van der Waals surface area (Å²) in [6.07, 6.45) is 0.881. The number of benzene rings is 1. The molecule has 1 saturated heterocycles. The van der Waals surface area contributed by atoms with Crippen LogP contribution in [0.3, 0.4) is 0 Å². The second kappa shape index (κ2) is 9.61. The molecule has 1 aromatic carbocycles. The molecule has 0 saturated carbocycles. The van der Waals surface area contributed by atoms with Crippen LogP contribution in [0.5, 0.6) is 0 Å². The Labute approximate surface area is 144 Å². The van der Waals surface area contributed by atoms with Gasteiger partial charge < -0.3 is 25.4 Å². The van der Waals surface area contributed by atoms with Crippen molar-refractivity contribution in [3.05, 3.63) is 35.9 Å². The Balaban J connectivity index is 1.72. The van der Waals surface area contributed by atoms with E-state index >= 15 is 0 Å². The number of carbonyl (C=O) groups excluding carboxylic acids is 1.